The van der Waals surface area contributed by atoms with Gasteiger partial charge in [-0.3, -0.25) is 4.90 Å². The third kappa shape index (κ3) is 4.09. The zero-order chi connectivity index (χ0) is 16.5. The molecule has 0 bridgehead atoms. The van der Waals surface area contributed by atoms with Gasteiger partial charge < -0.3 is 10.0 Å². The second kappa shape index (κ2) is 6.30. The molecule has 1 aliphatic heterocycles. The standard InChI is InChI=1S/C16H28F2N2O2/c1-15(2,3)20(14(21)22)13-6-4-12(5-7-13)19-10-8-16(17,18)9-11-19/h12-13H,4-11H2,1-3H3,(H,21,22). The Hall–Kier alpha value is -0.910. The Balaban J connectivity index is 1.89. The van der Waals surface area contributed by atoms with E-state index < -0.39 is 17.6 Å². The molecule has 128 valence electrons. The highest BCUT2D eigenvalue weighted by Gasteiger charge is 2.39. The van der Waals surface area contributed by atoms with Crippen LogP contribution in [0.3, 0.4) is 0 Å². The number of hydrogen-bond acceptors (Lipinski definition) is 2. The summed E-state index contributed by atoms with van der Waals surface area (Å²) in [5, 5.41) is 9.47. The highest BCUT2D eigenvalue weighted by Crippen LogP contribution is 2.34. The summed E-state index contributed by atoms with van der Waals surface area (Å²) in [6.45, 7) is 6.67. The van der Waals surface area contributed by atoms with Crippen LogP contribution in [-0.4, -0.2) is 57.6 Å². The Morgan fingerprint density at radius 1 is 1.14 bits per heavy atom. The predicted octanol–water partition coefficient (Wildman–Crippen LogP) is 3.81. The molecule has 6 heteroatoms. The lowest BCUT2D eigenvalue weighted by molar-refractivity contribution is -0.0680. The first kappa shape index (κ1) is 17.4. The van der Waals surface area contributed by atoms with Crippen LogP contribution in [-0.2, 0) is 0 Å². The fraction of sp³-hybridized carbons (Fsp3) is 0.938. The van der Waals surface area contributed by atoms with Crippen molar-refractivity contribution in [2.45, 2.75) is 82.8 Å². The van der Waals surface area contributed by atoms with Crippen molar-refractivity contribution < 1.29 is 18.7 Å². The molecule has 22 heavy (non-hydrogen) atoms. The predicted molar refractivity (Wildman–Crippen MR) is 81.4 cm³/mol. The van der Waals surface area contributed by atoms with Crippen molar-refractivity contribution >= 4 is 6.09 Å². The van der Waals surface area contributed by atoms with E-state index in [1.54, 1.807) is 4.90 Å². The molecular formula is C16H28F2N2O2. The van der Waals surface area contributed by atoms with E-state index in [1.165, 1.54) is 0 Å². The van der Waals surface area contributed by atoms with Crippen molar-refractivity contribution in [2.24, 2.45) is 0 Å². The van der Waals surface area contributed by atoms with Gasteiger partial charge >= 0.3 is 6.09 Å². The number of piperidine rings is 1. The number of halogens is 2. The molecule has 1 amide bonds. The second-order valence-electron chi connectivity index (χ2n) is 7.68. The normalized spacial score (nSPS) is 30.0. The van der Waals surface area contributed by atoms with Gasteiger partial charge in [0.2, 0.25) is 0 Å². The minimum absolute atomic E-state index is 0.0416. The maximum absolute atomic E-state index is 13.2. The van der Waals surface area contributed by atoms with Gasteiger partial charge in [0.25, 0.3) is 5.92 Å². The summed E-state index contributed by atoms with van der Waals surface area (Å²) in [5.74, 6) is -2.50. The summed E-state index contributed by atoms with van der Waals surface area (Å²) < 4.78 is 26.5. The van der Waals surface area contributed by atoms with Crippen molar-refractivity contribution in [2.75, 3.05) is 13.1 Å². The van der Waals surface area contributed by atoms with E-state index in [0.29, 0.717) is 19.1 Å². The lowest BCUT2D eigenvalue weighted by atomic mass is 9.86. The van der Waals surface area contributed by atoms with E-state index in [-0.39, 0.29) is 18.9 Å². The summed E-state index contributed by atoms with van der Waals surface area (Å²) in [7, 11) is 0. The van der Waals surface area contributed by atoms with Gasteiger partial charge in [0.1, 0.15) is 0 Å². The molecule has 1 N–H and O–H groups in total. The molecule has 2 aliphatic rings. The number of rotatable bonds is 2. The fourth-order valence-electron chi connectivity index (χ4n) is 3.89. The largest absolute Gasteiger partial charge is 0.465 e. The first-order valence-electron chi connectivity index (χ1n) is 8.24. The van der Waals surface area contributed by atoms with Crippen LogP contribution in [0, 0.1) is 0 Å². The Kier molecular flexibility index (Phi) is 5.00. The number of alkyl halides is 2. The van der Waals surface area contributed by atoms with E-state index in [9.17, 15) is 18.7 Å². The minimum atomic E-state index is -2.50. The van der Waals surface area contributed by atoms with Crippen LogP contribution < -0.4 is 0 Å². The van der Waals surface area contributed by atoms with E-state index >= 15 is 0 Å². The van der Waals surface area contributed by atoms with Crippen molar-refractivity contribution in [1.82, 2.24) is 9.80 Å². The fourth-order valence-corrected chi connectivity index (χ4v) is 3.89. The van der Waals surface area contributed by atoms with Gasteiger partial charge in [-0.15, -0.1) is 0 Å². The van der Waals surface area contributed by atoms with Crippen LogP contribution in [0.1, 0.15) is 59.3 Å². The monoisotopic (exact) mass is 318 g/mol. The van der Waals surface area contributed by atoms with Crippen molar-refractivity contribution in [3.63, 3.8) is 0 Å². The lowest BCUT2D eigenvalue weighted by Gasteiger charge is -2.45. The number of amides is 1. The first-order chi connectivity index (χ1) is 10.1. The van der Waals surface area contributed by atoms with Crippen molar-refractivity contribution in [1.29, 1.82) is 0 Å². The summed E-state index contributed by atoms with van der Waals surface area (Å²) in [6, 6.07) is 0.378. The average Bonchev–Trinajstić information content (AvgIpc) is 2.38. The van der Waals surface area contributed by atoms with Gasteiger partial charge in [0, 0.05) is 43.6 Å². The summed E-state index contributed by atoms with van der Waals surface area (Å²) >= 11 is 0. The van der Waals surface area contributed by atoms with E-state index in [0.717, 1.165) is 25.7 Å². The molecule has 1 aliphatic carbocycles. The minimum Gasteiger partial charge on any atom is -0.465 e. The van der Waals surface area contributed by atoms with Gasteiger partial charge in [-0.25, -0.2) is 13.6 Å². The second-order valence-corrected chi connectivity index (χ2v) is 7.68. The van der Waals surface area contributed by atoms with Gasteiger partial charge in [0.05, 0.1) is 0 Å². The molecule has 1 saturated heterocycles. The van der Waals surface area contributed by atoms with Gasteiger partial charge in [-0.2, -0.15) is 0 Å². The van der Waals surface area contributed by atoms with Gasteiger partial charge in [-0.05, 0) is 46.5 Å². The molecule has 1 saturated carbocycles. The molecule has 0 spiro atoms. The molecule has 0 aromatic heterocycles. The zero-order valence-electron chi connectivity index (χ0n) is 13.8. The van der Waals surface area contributed by atoms with Gasteiger partial charge in [-0.1, -0.05) is 0 Å². The molecule has 0 aromatic rings. The van der Waals surface area contributed by atoms with Crippen LogP contribution in [0.15, 0.2) is 0 Å². The third-order valence-electron chi connectivity index (χ3n) is 5.01. The average molecular weight is 318 g/mol. The van der Waals surface area contributed by atoms with Crippen LogP contribution in [0.5, 0.6) is 0 Å². The molecule has 0 aromatic carbocycles. The molecule has 0 atom stereocenters. The van der Waals surface area contributed by atoms with Crippen LogP contribution in [0.25, 0.3) is 0 Å². The first-order valence-corrected chi connectivity index (χ1v) is 8.24. The quantitative estimate of drug-likeness (QED) is 0.842. The van der Waals surface area contributed by atoms with E-state index in [2.05, 4.69) is 4.90 Å². The SMILES string of the molecule is CC(C)(C)N(C(=O)O)C1CCC(N2CCC(F)(F)CC2)CC1. The van der Waals surface area contributed by atoms with Crippen LogP contribution in [0.4, 0.5) is 13.6 Å². The number of likely N-dealkylation sites (tertiary alicyclic amines) is 1. The molecular weight excluding hydrogens is 290 g/mol. The van der Waals surface area contributed by atoms with Crippen molar-refractivity contribution in [3.8, 4) is 0 Å². The topological polar surface area (TPSA) is 43.8 Å². The Bertz CT molecular complexity index is 391. The summed E-state index contributed by atoms with van der Waals surface area (Å²) in [5.41, 5.74) is -0.406. The maximum atomic E-state index is 13.2. The van der Waals surface area contributed by atoms with E-state index in [1.807, 2.05) is 20.8 Å². The smallest absolute Gasteiger partial charge is 0.407 e. The number of hydrogen-bond donors (Lipinski definition) is 1. The molecule has 4 nitrogen and oxygen atoms in total. The molecule has 0 unspecified atom stereocenters. The van der Waals surface area contributed by atoms with Crippen molar-refractivity contribution in [3.05, 3.63) is 0 Å². The molecule has 0 radical (unpaired) electrons. The maximum Gasteiger partial charge on any atom is 0.407 e. The Labute approximate surface area is 131 Å². The Morgan fingerprint density at radius 3 is 2.05 bits per heavy atom. The third-order valence-corrected chi connectivity index (χ3v) is 5.01. The zero-order valence-corrected chi connectivity index (χ0v) is 13.8. The van der Waals surface area contributed by atoms with Crippen LogP contribution in [0.2, 0.25) is 0 Å². The number of nitrogens with zero attached hydrogens (tertiary/aromatic N) is 2. The summed E-state index contributed by atoms with van der Waals surface area (Å²) in [6.07, 6.45) is 2.48. The Morgan fingerprint density at radius 2 is 1.64 bits per heavy atom. The van der Waals surface area contributed by atoms with E-state index in [4.69, 9.17) is 0 Å². The number of carboxylic acid groups (broad SMARTS) is 1. The van der Waals surface area contributed by atoms with Crippen LogP contribution >= 0.6 is 0 Å². The number of carbonyl (C=O) groups is 1. The molecule has 1 heterocycles. The summed E-state index contributed by atoms with van der Waals surface area (Å²) in [4.78, 5) is 15.3. The molecule has 2 rings (SSSR count). The van der Waals surface area contributed by atoms with Gasteiger partial charge in [0.15, 0.2) is 0 Å². The lowest BCUT2D eigenvalue weighted by Crippen LogP contribution is -2.54. The molecule has 2 fully saturated rings. The highest BCUT2D eigenvalue weighted by molar-refractivity contribution is 5.66. The highest BCUT2D eigenvalue weighted by atomic mass is 19.3.